The van der Waals surface area contributed by atoms with Gasteiger partial charge in [-0.05, 0) is 36.6 Å². The summed E-state index contributed by atoms with van der Waals surface area (Å²) < 4.78 is 10.4. The molecule has 150 valence electrons. The molecular weight excluding hydrogens is 374 g/mol. The molecule has 0 bridgehead atoms. The van der Waals surface area contributed by atoms with Gasteiger partial charge in [-0.15, -0.1) is 0 Å². The van der Waals surface area contributed by atoms with Crippen LogP contribution in [0.15, 0.2) is 57.7 Å². The van der Waals surface area contributed by atoms with Crippen molar-refractivity contribution in [1.82, 2.24) is 5.32 Å². The van der Waals surface area contributed by atoms with Crippen molar-refractivity contribution in [1.29, 1.82) is 0 Å². The standard InChI is InChI=1S/C22H21NO6/c1-13-16-9-8-15(28-2)11-19(16)29-22(27)17(13)12-20(24)23-18(21(25)26)10-14-6-4-3-5-7-14/h3-9,11,18H,10,12H2,1-2H3,(H,23,24)(H,25,26)/p-1/t18-/m0/s1. The average molecular weight is 394 g/mol. The molecule has 7 nitrogen and oxygen atoms in total. The maximum Gasteiger partial charge on any atom is 0.340 e. The van der Waals surface area contributed by atoms with Crippen molar-refractivity contribution in [3.8, 4) is 5.75 Å². The first-order chi connectivity index (χ1) is 13.9. The van der Waals surface area contributed by atoms with Gasteiger partial charge >= 0.3 is 5.63 Å². The van der Waals surface area contributed by atoms with Crippen LogP contribution in [-0.4, -0.2) is 25.0 Å². The molecule has 0 saturated heterocycles. The lowest BCUT2D eigenvalue weighted by Crippen LogP contribution is -2.49. The number of carboxylic acid groups (broad SMARTS) is 1. The number of rotatable bonds is 7. The van der Waals surface area contributed by atoms with Gasteiger partial charge in [0.15, 0.2) is 0 Å². The fraction of sp³-hybridized carbons (Fsp3) is 0.227. The minimum absolute atomic E-state index is 0.0834. The molecule has 0 spiro atoms. The Balaban J connectivity index is 1.81. The van der Waals surface area contributed by atoms with Crippen molar-refractivity contribution in [2.45, 2.75) is 25.8 Å². The van der Waals surface area contributed by atoms with Gasteiger partial charge in [0.25, 0.3) is 0 Å². The predicted molar refractivity (Wildman–Crippen MR) is 105 cm³/mol. The number of ether oxygens (including phenoxy) is 1. The first-order valence-corrected chi connectivity index (χ1v) is 9.03. The number of aryl methyl sites for hydroxylation is 1. The van der Waals surface area contributed by atoms with Crippen LogP contribution in [-0.2, 0) is 22.4 Å². The molecule has 0 aliphatic carbocycles. The third-order valence-electron chi connectivity index (χ3n) is 4.73. The van der Waals surface area contributed by atoms with Crippen molar-refractivity contribution < 1.29 is 23.8 Å². The van der Waals surface area contributed by atoms with E-state index in [0.717, 1.165) is 5.56 Å². The van der Waals surface area contributed by atoms with Gasteiger partial charge < -0.3 is 24.4 Å². The molecule has 1 amide bonds. The minimum atomic E-state index is -1.39. The summed E-state index contributed by atoms with van der Waals surface area (Å²) in [6.07, 6.45) is -0.214. The molecule has 0 aliphatic rings. The topological polar surface area (TPSA) is 109 Å². The second kappa shape index (κ2) is 8.60. The summed E-state index contributed by atoms with van der Waals surface area (Å²) in [6.45, 7) is 1.72. The maximum absolute atomic E-state index is 12.5. The van der Waals surface area contributed by atoms with E-state index in [0.29, 0.717) is 22.3 Å². The summed E-state index contributed by atoms with van der Waals surface area (Å²) in [5.74, 6) is -1.45. The Labute approximate surface area is 166 Å². The van der Waals surface area contributed by atoms with E-state index in [9.17, 15) is 19.5 Å². The van der Waals surface area contributed by atoms with E-state index in [-0.39, 0.29) is 18.4 Å². The summed E-state index contributed by atoms with van der Waals surface area (Å²) in [5.41, 5.74) is 1.23. The molecule has 1 aromatic heterocycles. The highest BCUT2D eigenvalue weighted by Gasteiger charge is 2.19. The second-order valence-corrected chi connectivity index (χ2v) is 6.66. The molecule has 29 heavy (non-hydrogen) atoms. The zero-order valence-electron chi connectivity index (χ0n) is 16.1. The quantitative estimate of drug-likeness (QED) is 0.602. The van der Waals surface area contributed by atoms with Gasteiger partial charge in [-0.2, -0.15) is 0 Å². The lowest BCUT2D eigenvalue weighted by atomic mass is 10.0. The molecule has 1 heterocycles. The summed E-state index contributed by atoms with van der Waals surface area (Å²) >= 11 is 0. The second-order valence-electron chi connectivity index (χ2n) is 6.66. The number of methoxy groups -OCH3 is 1. The van der Waals surface area contributed by atoms with Gasteiger partial charge in [0.1, 0.15) is 11.3 Å². The number of fused-ring (bicyclic) bond motifs is 1. The molecule has 1 atom stereocenters. The molecule has 2 aromatic carbocycles. The normalized spacial score (nSPS) is 11.8. The number of carboxylic acids is 1. The third-order valence-corrected chi connectivity index (χ3v) is 4.73. The number of nitrogens with one attached hydrogen (secondary N) is 1. The van der Waals surface area contributed by atoms with Crippen LogP contribution in [0.1, 0.15) is 16.7 Å². The Morgan fingerprint density at radius 1 is 1.17 bits per heavy atom. The smallest absolute Gasteiger partial charge is 0.340 e. The number of carbonyl (C=O) groups is 2. The maximum atomic E-state index is 12.5. The van der Waals surface area contributed by atoms with Gasteiger partial charge in [0, 0.05) is 11.5 Å². The zero-order valence-corrected chi connectivity index (χ0v) is 16.1. The van der Waals surface area contributed by atoms with Gasteiger partial charge in [-0.25, -0.2) is 4.79 Å². The molecule has 0 fully saturated rings. The van der Waals surface area contributed by atoms with E-state index < -0.39 is 23.5 Å². The van der Waals surface area contributed by atoms with E-state index in [2.05, 4.69) is 5.32 Å². The highest BCUT2D eigenvalue weighted by atomic mass is 16.5. The predicted octanol–water partition coefficient (Wildman–Crippen LogP) is 1.13. The Morgan fingerprint density at radius 3 is 2.55 bits per heavy atom. The first kappa shape index (κ1) is 20.1. The Hall–Kier alpha value is -3.61. The number of aliphatic carboxylic acids is 1. The van der Waals surface area contributed by atoms with Crippen molar-refractivity contribution in [2.75, 3.05) is 7.11 Å². The summed E-state index contributed by atoms with van der Waals surface area (Å²) in [7, 11) is 1.51. The van der Waals surface area contributed by atoms with E-state index in [1.165, 1.54) is 7.11 Å². The van der Waals surface area contributed by atoms with Crippen LogP contribution < -0.4 is 20.8 Å². The lowest BCUT2D eigenvalue weighted by molar-refractivity contribution is -0.308. The summed E-state index contributed by atoms with van der Waals surface area (Å²) in [5, 5.41) is 14.6. The van der Waals surface area contributed by atoms with Crippen molar-refractivity contribution in [3.05, 3.63) is 75.6 Å². The largest absolute Gasteiger partial charge is 0.548 e. The Bertz CT molecular complexity index is 1100. The molecule has 3 aromatic rings. The number of amides is 1. The van der Waals surface area contributed by atoms with Gasteiger partial charge in [-0.3, -0.25) is 4.79 Å². The van der Waals surface area contributed by atoms with E-state index >= 15 is 0 Å². The van der Waals surface area contributed by atoms with Crippen molar-refractivity contribution >= 4 is 22.8 Å². The van der Waals surface area contributed by atoms with E-state index in [1.54, 1.807) is 49.4 Å². The van der Waals surface area contributed by atoms with Crippen LogP contribution in [0, 0.1) is 6.92 Å². The molecule has 1 N–H and O–H groups in total. The van der Waals surface area contributed by atoms with Gasteiger partial charge in [0.2, 0.25) is 5.91 Å². The van der Waals surface area contributed by atoms with Crippen LogP contribution in [0.3, 0.4) is 0 Å². The fourth-order valence-electron chi connectivity index (χ4n) is 3.15. The molecule has 0 aliphatic heterocycles. The number of hydrogen-bond donors (Lipinski definition) is 1. The highest BCUT2D eigenvalue weighted by Crippen LogP contribution is 2.24. The van der Waals surface area contributed by atoms with Crippen LogP contribution in [0.25, 0.3) is 11.0 Å². The molecule has 7 heteroatoms. The van der Waals surface area contributed by atoms with Crippen molar-refractivity contribution in [3.63, 3.8) is 0 Å². The monoisotopic (exact) mass is 394 g/mol. The first-order valence-electron chi connectivity index (χ1n) is 9.03. The number of carbonyl (C=O) groups excluding carboxylic acids is 2. The summed E-state index contributed by atoms with van der Waals surface area (Å²) in [6, 6.07) is 12.8. The van der Waals surface area contributed by atoms with Crippen LogP contribution in [0.5, 0.6) is 5.75 Å². The molecular formula is C22H20NO6-. The number of hydrogen-bond acceptors (Lipinski definition) is 6. The van der Waals surface area contributed by atoms with Crippen LogP contribution >= 0.6 is 0 Å². The van der Waals surface area contributed by atoms with Gasteiger partial charge in [0.05, 0.1) is 31.1 Å². The molecule has 0 radical (unpaired) electrons. The minimum Gasteiger partial charge on any atom is -0.548 e. The Morgan fingerprint density at radius 2 is 1.90 bits per heavy atom. The van der Waals surface area contributed by atoms with Crippen LogP contribution in [0.2, 0.25) is 0 Å². The van der Waals surface area contributed by atoms with Crippen molar-refractivity contribution in [2.24, 2.45) is 0 Å². The summed E-state index contributed by atoms with van der Waals surface area (Å²) in [4.78, 5) is 36.3. The average Bonchev–Trinajstić information content (AvgIpc) is 2.70. The molecule has 3 rings (SSSR count). The van der Waals surface area contributed by atoms with Crippen LogP contribution in [0.4, 0.5) is 0 Å². The number of benzene rings is 2. The lowest BCUT2D eigenvalue weighted by Gasteiger charge is -2.20. The highest BCUT2D eigenvalue weighted by molar-refractivity contribution is 5.87. The molecule has 0 saturated carbocycles. The fourth-order valence-corrected chi connectivity index (χ4v) is 3.15. The van der Waals surface area contributed by atoms with E-state index in [4.69, 9.17) is 9.15 Å². The Kier molecular flexibility index (Phi) is 5.97. The molecule has 0 unspecified atom stereocenters. The third kappa shape index (κ3) is 4.63. The SMILES string of the molecule is COc1ccc2c(C)c(CC(=O)N[C@@H](Cc3ccccc3)C(=O)[O-])c(=O)oc2c1. The van der Waals surface area contributed by atoms with E-state index in [1.807, 2.05) is 6.07 Å². The zero-order chi connectivity index (χ0) is 21.0. The van der Waals surface area contributed by atoms with Gasteiger partial charge in [-0.1, -0.05) is 30.3 Å².